The Morgan fingerprint density at radius 2 is 1.83 bits per heavy atom. The number of ketones is 1. The first-order valence-corrected chi connectivity index (χ1v) is 12.6. The van der Waals surface area contributed by atoms with E-state index in [2.05, 4.69) is 23.7 Å². The van der Waals surface area contributed by atoms with Crippen LogP contribution in [-0.4, -0.2) is 77.0 Å². The molecular formula is C26H29Cl2N3O5. The maximum Gasteiger partial charge on any atom is 0.289 e. The summed E-state index contributed by atoms with van der Waals surface area (Å²) in [4.78, 5) is 34.7. The first-order valence-electron chi connectivity index (χ1n) is 11.8. The lowest BCUT2D eigenvalue weighted by Crippen LogP contribution is -2.58. The molecule has 0 bridgehead atoms. The summed E-state index contributed by atoms with van der Waals surface area (Å²) in [6, 6.07) is 5.18. The summed E-state index contributed by atoms with van der Waals surface area (Å²) < 4.78 is 11.4. The molecule has 1 amide bonds. The second-order valence-corrected chi connectivity index (χ2v) is 9.89. The Hall–Kier alpha value is -2.65. The number of fused-ring (bicyclic) bond motifs is 1. The molecule has 2 atom stereocenters. The molecule has 1 fully saturated rings. The third-order valence-corrected chi connectivity index (χ3v) is 7.28. The second kappa shape index (κ2) is 11.2. The van der Waals surface area contributed by atoms with Crippen LogP contribution in [0.15, 0.2) is 35.0 Å². The lowest BCUT2D eigenvalue weighted by molar-refractivity contribution is 0.0263. The molecule has 0 radical (unpaired) electrons. The number of amides is 1. The van der Waals surface area contributed by atoms with E-state index in [1.54, 1.807) is 23.1 Å². The van der Waals surface area contributed by atoms with Crippen molar-refractivity contribution in [1.82, 2.24) is 14.8 Å². The highest BCUT2D eigenvalue weighted by atomic mass is 35.5. The Kier molecular flexibility index (Phi) is 8.20. The molecule has 0 saturated carbocycles. The summed E-state index contributed by atoms with van der Waals surface area (Å²) in [6.07, 6.45) is 3.55. The molecule has 1 aliphatic rings. The number of methoxy groups -OCH3 is 1. The first kappa shape index (κ1) is 26.4. The number of rotatable bonds is 8. The zero-order valence-corrected chi connectivity index (χ0v) is 22.0. The fraction of sp³-hybridized carbons (Fsp3) is 0.423. The van der Waals surface area contributed by atoms with Gasteiger partial charge in [0.1, 0.15) is 0 Å². The minimum atomic E-state index is -0.243. The van der Waals surface area contributed by atoms with Crippen LogP contribution < -0.4 is 4.74 Å². The number of carbonyl (C=O) groups excluding carboxylic acids is 2. The van der Waals surface area contributed by atoms with Gasteiger partial charge in [-0.15, -0.1) is 0 Å². The largest absolute Gasteiger partial charge is 0.493 e. The van der Waals surface area contributed by atoms with Crippen LogP contribution in [0.4, 0.5) is 0 Å². The molecule has 1 aromatic carbocycles. The molecule has 1 aliphatic heterocycles. The van der Waals surface area contributed by atoms with Crippen LogP contribution >= 0.6 is 23.2 Å². The number of hydrogen-bond donors (Lipinski definition) is 1. The minimum absolute atomic E-state index is 0.0269. The maximum atomic E-state index is 13.4. The maximum absolute atomic E-state index is 13.4. The van der Waals surface area contributed by atoms with Crippen LogP contribution in [0.2, 0.25) is 10.0 Å². The van der Waals surface area contributed by atoms with Crippen molar-refractivity contribution in [3.05, 3.63) is 57.5 Å². The van der Waals surface area contributed by atoms with E-state index in [1.807, 2.05) is 0 Å². The van der Waals surface area contributed by atoms with Crippen molar-refractivity contribution in [2.24, 2.45) is 0 Å². The lowest BCUT2D eigenvalue weighted by Gasteiger charge is -2.44. The number of halogens is 2. The molecule has 4 rings (SSSR count). The fourth-order valence-electron chi connectivity index (χ4n) is 4.84. The highest BCUT2D eigenvalue weighted by Gasteiger charge is 2.33. The van der Waals surface area contributed by atoms with Gasteiger partial charge in [-0.3, -0.25) is 19.5 Å². The van der Waals surface area contributed by atoms with Crippen molar-refractivity contribution in [2.75, 3.05) is 33.4 Å². The van der Waals surface area contributed by atoms with E-state index in [0.29, 0.717) is 57.4 Å². The molecule has 3 aromatic rings. The minimum Gasteiger partial charge on any atom is -0.493 e. The number of pyridine rings is 1. The van der Waals surface area contributed by atoms with E-state index in [0.717, 1.165) is 6.54 Å². The van der Waals surface area contributed by atoms with E-state index in [1.165, 1.54) is 19.5 Å². The SMILES string of the molecule is COc1ccc(C(=O)Cc2c(Cl)cncc2Cl)c2cc(C(=O)N3CC(C)N(CCCO)C(C)C3)oc12. The summed E-state index contributed by atoms with van der Waals surface area (Å²) in [6.45, 7) is 6.13. The predicted molar refractivity (Wildman–Crippen MR) is 138 cm³/mol. The molecule has 36 heavy (non-hydrogen) atoms. The summed E-state index contributed by atoms with van der Waals surface area (Å²) in [5.41, 5.74) is 1.21. The topological polar surface area (TPSA) is 96.1 Å². The molecule has 8 nitrogen and oxygen atoms in total. The van der Waals surface area contributed by atoms with Gasteiger partial charge in [-0.05, 0) is 38.5 Å². The smallest absolute Gasteiger partial charge is 0.289 e. The van der Waals surface area contributed by atoms with Crippen molar-refractivity contribution in [1.29, 1.82) is 0 Å². The number of aliphatic hydroxyl groups excluding tert-OH is 1. The van der Waals surface area contributed by atoms with Crippen LogP contribution in [0.5, 0.6) is 5.75 Å². The molecule has 3 heterocycles. The molecule has 2 aromatic heterocycles. The molecule has 1 N–H and O–H groups in total. The van der Waals surface area contributed by atoms with Gasteiger partial charge in [0, 0.05) is 73.7 Å². The van der Waals surface area contributed by atoms with Crippen LogP contribution in [0.1, 0.15) is 46.7 Å². The van der Waals surface area contributed by atoms with E-state index >= 15 is 0 Å². The second-order valence-electron chi connectivity index (χ2n) is 9.07. The number of nitrogens with zero attached hydrogens (tertiary/aromatic N) is 3. The van der Waals surface area contributed by atoms with Gasteiger partial charge in [0.25, 0.3) is 5.91 Å². The van der Waals surface area contributed by atoms with Crippen LogP contribution in [-0.2, 0) is 6.42 Å². The van der Waals surface area contributed by atoms with Gasteiger partial charge in [0.05, 0.1) is 17.2 Å². The van der Waals surface area contributed by atoms with E-state index in [4.69, 9.17) is 32.4 Å². The number of aromatic nitrogens is 1. The van der Waals surface area contributed by atoms with Crippen molar-refractivity contribution in [3.8, 4) is 5.75 Å². The number of hydrogen-bond acceptors (Lipinski definition) is 7. The number of Topliss-reactive ketones (excluding diaryl/α,β-unsaturated/α-hetero) is 1. The summed E-state index contributed by atoms with van der Waals surface area (Å²) in [5, 5.41) is 10.3. The number of aliphatic hydroxyl groups is 1. The van der Waals surface area contributed by atoms with Crippen molar-refractivity contribution < 1.29 is 23.8 Å². The predicted octanol–water partition coefficient (Wildman–Crippen LogP) is 4.49. The van der Waals surface area contributed by atoms with Crippen molar-refractivity contribution in [3.63, 3.8) is 0 Å². The van der Waals surface area contributed by atoms with Gasteiger partial charge in [-0.1, -0.05) is 23.2 Å². The number of carbonyl (C=O) groups is 2. The van der Waals surface area contributed by atoms with Gasteiger partial charge in [0.15, 0.2) is 22.9 Å². The zero-order chi connectivity index (χ0) is 26.0. The van der Waals surface area contributed by atoms with Gasteiger partial charge in [-0.25, -0.2) is 0 Å². The third-order valence-electron chi connectivity index (χ3n) is 6.63. The molecule has 1 saturated heterocycles. The Morgan fingerprint density at radius 3 is 2.44 bits per heavy atom. The Morgan fingerprint density at radius 1 is 1.17 bits per heavy atom. The summed E-state index contributed by atoms with van der Waals surface area (Å²) in [5.74, 6) is 0.104. The average molecular weight is 534 g/mol. The molecular weight excluding hydrogens is 505 g/mol. The monoisotopic (exact) mass is 533 g/mol. The molecule has 10 heteroatoms. The van der Waals surface area contributed by atoms with Gasteiger partial charge in [0.2, 0.25) is 0 Å². The highest BCUT2D eigenvalue weighted by Crippen LogP contribution is 2.34. The number of furan rings is 1. The first-order chi connectivity index (χ1) is 17.2. The fourth-order valence-corrected chi connectivity index (χ4v) is 5.34. The molecule has 0 spiro atoms. The van der Waals surface area contributed by atoms with Gasteiger partial charge < -0.3 is 19.2 Å². The van der Waals surface area contributed by atoms with Gasteiger partial charge in [-0.2, -0.15) is 0 Å². The van der Waals surface area contributed by atoms with Crippen LogP contribution in [0.25, 0.3) is 11.0 Å². The van der Waals surface area contributed by atoms with E-state index < -0.39 is 0 Å². The summed E-state index contributed by atoms with van der Waals surface area (Å²) >= 11 is 12.4. The van der Waals surface area contributed by atoms with E-state index in [9.17, 15) is 14.7 Å². The molecule has 0 aliphatic carbocycles. The van der Waals surface area contributed by atoms with Crippen molar-refractivity contribution in [2.45, 2.75) is 38.8 Å². The van der Waals surface area contributed by atoms with Gasteiger partial charge >= 0.3 is 0 Å². The normalized spacial score (nSPS) is 18.6. The molecule has 192 valence electrons. The van der Waals surface area contributed by atoms with E-state index in [-0.39, 0.29) is 42.6 Å². The average Bonchev–Trinajstić information content (AvgIpc) is 3.30. The number of ether oxygens (including phenoxy) is 1. The number of benzene rings is 1. The highest BCUT2D eigenvalue weighted by molar-refractivity contribution is 6.36. The standard InChI is InChI=1S/C26H29Cl2N3O5/c1-15-13-30(14-16(2)31(15)7-4-8-32)26(34)24-10-18-17(5-6-23(35-3)25(18)36-24)22(33)9-19-20(27)11-29-12-21(19)28/h5-6,10-12,15-16,32H,4,7-9,13-14H2,1-3H3. The Balaban J connectivity index is 1.63. The van der Waals surface area contributed by atoms with Crippen molar-refractivity contribution >= 4 is 45.9 Å². The van der Waals surface area contributed by atoms with Crippen LogP contribution in [0.3, 0.4) is 0 Å². The number of piperazine rings is 1. The lowest BCUT2D eigenvalue weighted by atomic mass is 10.00. The quantitative estimate of drug-likeness (QED) is 0.426. The molecule has 2 unspecified atom stereocenters. The Labute approximate surface area is 219 Å². The summed E-state index contributed by atoms with van der Waals surface area (Å²) in [7, 11) is 1.51. The Bertz CT molecular complexity index is 1250. The van der Waals surface area contributed by atoms with Crippen LogP contribution in [0, 0.1) is 0 Å². The third kappa shape index (κ3) is 5.22. The zero-order valence-electron chi connectivity index (χ0n) is 20.5.